The Kier molecular flexibility index (Phi) is 4.52. The van der Waals surface area contributed by atoms with Crippen molar-refractivity contribution in [2.24, 2.45) is 7.05 Å². The molecule has 1 fully saturated rings. The highest BCUT2D eigenvalue weighted by Gasteiger charge is 2.24. The van der Waals surface area contributed by atoms with E-state index in [1.807, 2.05) is 17.8 Å². The molecule has 3 aromatic heterocycles. The van der Waals surface area contributed by atoms with E-state index in [-0.39, 0.29) is 5.56 Å². The van der Waals surface area contributed by atoms with Crippen LogP contribution in [0.1, 0.15) is 44.6 Å². The Labute approximate surface area is 160 Å². The molecule has 0 saturated heterocycles. The molecule has 1 saturated carbocycles. The molecular formula is C19H22N4OS2. The number of nitrogens with two attached hydrogens (primary N) is 1. The van der Waals surface area contributed by atoms with Gasteiger partial charge in [0.25, 0.3) is 5.56 Å². The number of fused-ring (bicyclic) bond motifs is 1. The number of aromatic nitrogens is 3. The largest absolute Gasteiger partial charge is 0.397 e. The monoisotopic (exact) mass is 386 g/mol. The van der Waals surface area contributed by atoms with Crippen LogP contribution in [0, 0.1) is 0 Å². The zero-order valence-electron chi connectivity index (χ0n) is 15.2. The van der Waals surface area contributed by atoms with Crippen LogP contribution in [0.3, 0.4) is 0 Å². The zero-order chi connectivity index (χ0) is 18.4. The molecule has 3 heterocycles. The SMILES string of the molecule is CC(C)c1cc(-c2cc(=O)n(C)cn2)nc2sc(SC3CCC3)c(N)c12. The van der Waals surface area contributed by atoms with Gasteiger partial charge in [-0.05, 0) is 30.4 Å². The molecule has 3 aromatic rings. The lowest BCUT2D eigenvalue weighted by Gasteiger charge is -2.23. The summed E-state index contributed by atoms with van der Waals surface area (Å²) in [5.41, 5.74) is 9.81. The first-order valence-corrected chi connectivity index (χ1v) is 10.6. The first-order chi connectivity index (χ1) is 12.4. The first kappa shape index (κ1) is 17.5. The van der Waals surface area contributed by atoms with E-state index >= 15 is 0 Å². The van der Waals surface area contributed by atoms with Crippen molar-refractivity contribution in [1.82, 2.24) is 14.5 Å². The fraction of sp³-hybridized carbons (Fsp3) is 0.421. The van der Waals surface area contributed by atoms with E-state index in [0.717, 1.165) is 21.6 Å². The predicted octanol–water partition coefficient (Wildman–Crippen LogP) is 4.41. The maximum atomic E-state index is 12.0. The van der Waals surface area contributed by atoms with E-state index in [0.29, 0.717) is 16.9 Å². The van der Waals surface area contributed by atoms with E-state index in [1.165, 1.54) is 33.6 Å². The molecule has 7 heteroatoms. The van der Waals surface area contributed by atoms with Gasteiger partial charge in [0.15, 0.2) is 0 Å². The van der Waals surface area contributed by atoms with Crippen LogP contribution in [0.15, 0.2) is 27.5 Å². The summed E-state index contributed by atoms with van der Waals surface area (Å²) in [4.78, 5) is 22.1. The number of anilines is 1. The quantitative estimate of drug-likeness (QED) is 0.719. The Bertz CT molecular complexity index is 1030. The van der Waals surface area contributed by atoms with Gasteiger partial charge in [-0.15, -0.1) is 23.1 Å². The van der Waals surface area contributed by atoms with Crippen LogP contribution in [0.2, 0.25) is 0 Å². The molecule has 0 radical (unpaired) electrons. The minimum atomic E-state index is -0.0880. The second-order valence-corrected chi connectivity index (χ2v) is 9.70. The van der Waals surface area contributed by atoms with Crippen LogP contribution in [0.25, 0.3) is 21.6 Å². The van der Waals surface area contributed by atoms with Gasteiger partial charge in [-0.25, -0.2) is 9.97 Å². The molecule has 5 nitrogen and oxygen atoms in total. The van der Waals surface area contributed by atoms with Gasteiger partial charge in [0, 0.05) is 23.8 Å². The molecule has 0 unspecified atom stereocenters. The first-order valence-electron chi connectivity index (χ1n) is 8.86. The third-order valence-electron chi connectivity index (χ3n) is 4.88. The zero-order valence-corrected chi connectivity index (χ0v) is 16.8. The van der Waals surface area contributed by atoms with Crippen LogP contribution < -0.4 is 11.3 Å². The van der Waals surface area contributed by atoms with Crippen molar-refractivity contribution in [2.45, 2.75) is 48.5 Å². The summed E-state index contributed by atoms with van der Waals surface area (Å²) in [6.07, 6.45) is 5.40. The van der Waals surface area contributed by atoms with Crippen molar-refractivity contribution in [3.8, 4) is 11.4 Å². The van der Waals surface area contributed by atoms with E-state index in [9.17, 15) is 4.79 Å². The molecule has 0 amide bonds. The number of rotatable bonds is 4. The second-order valence-electron chi connectivity index (χ2n) is 7.13. The fourth-order valence-electron chi connectivity index (χ4n) is 3.05. The lowest BCUT2D eigenvalue weighted by Crippen LogP contribution is -2.16. The number of nitrogen functional groups attached to an aromatic ring is 1. The number of thioether (sulfide) groups is 1. The maximum absolute atomic E-state index is 12.0. The topological polar surface area (TPSA) is 73.8 Å². The Morgan fingerprint density at radius 3 is 2.69 bits per heavy atom. The average Bonchev–Trinajstić information content (AvgIpc) is 2.88. The highest BCUT2D eigenvalue weighted by atomic mass is 32.2. The van der Waals surface area contributed by atoms with E-state index in [2.05, 4.69) is 18.8 Å². The fourth-order valence-corrected chi connectivity index (χ4v) is 5.85. The predicted molar refractivity (Wildman–Crippen MR) is 110 cm³/mol. The average molecular weight is 387 g/mol. The molecule has 0 aromatic carbocycles. The van der Waals surface area contributed by atoms with Crippen molar-refractivity contribution in [3.63, 3.8) is 0 Å². The summed E-state index contributed by atoms with van der Waals surface area (Å²) in [7, 11) is 1.69. The molecule has 0 aliphatic heterocycles. The second kappa shape index (κ2) is 6.70. The van der Waals surface area contributed by atoms with Crippen LogP contribution in [-0.4, -0.2) is 19.8 Å². The summed E-state index contributed by atoms with van der Waals surface area (Å²) in [6, 6.07) is 3.58. The lowest BCUT2D eigenvalue weighted by atomic mass is 9.99. The minimum absolute atomic E-state index is 0.0880. The lowest BCUT2D eigenvalue weighted by molar-refractivity contribution is 0.522. The number of hydrogen-bond donors (Lipinski definition) is 1. The minimum Gasteiger partial charge on any atom is -0.397 e. The molecule has 1 aliphatic rings. The van der Waals surface area contributed by atoms with E-state index in [4.69, 9.17) is 10.7 Å². The Balaban J connectivity index is 1.87. The molecule has 4 rings (SSSR count). The molecule has 26 heavy (non-hydrogen) atoms. The molecule has 136 valence electrons. The Hall–Kier alpha value is -1.86. The van der Waals surface area contributed by atoms with Gasteiger partial charge in [-0.3, -0.25) is 4.79 Å². The van der Waals surface area contributed by atoms with Gasteiger partial charge in [-0.1, -0.05) is 20.3 Å². The van der Waals surface area contributed by atoms with Crippen molar-refractivity contribution >= 4 is 39.0 Å². The molecule has 0 atom stereocenters. The van der Waals surface area contributed by atoms with Crippen molar-refractivity contribution < 1.29 is 0 Å². The summed E-state index contributed by atoms with van der Waals surface area (Å²) in [5.74, 6) is 0.309. The van der Waals surface area contributed by atoms with Crippen LogP contribution in [-0.2, 0) is 7.05 Å². The summed E-state index contributed by atoms with van der Waals surface area (Å²) >= 11 is 3.56. The van der Waals surface area contributed by atoms with Crippen molar-refractivity contribution in [3.05, 3.63) is 34.4 Å². The van der Waals surface area contributed by atoms with Crippen LogP contribution in [0.5, 0.6) is 0 Å². The molecule has 0 spiro atoms. The molecule has 2 N–H and O–H groups in total. The summed E-state index contributed by atoms with van der Waals surface area (Å²) < 4.78 is 2.63. The third-order valence-corrected chi connectivity index (χ3v) is 7.56. The normalized spacial score (nSPS) is 14.9. The number of aryl methyl sites for hydroxylation is 1. The van der Waals surface area contributed by atoms with E-state index in [1.54, 1.807) is 30.8 Å². The van der Waals surface area contributed by atoms with Crippen LogP contribution >= 0.6 is 23.1 Å². The third kappa shape index (κ3) is 3.03. The Morgan fingerprint density at radius 2 is 2.08 bits per heavy atom. The number of thiophene rings is 1. The highest BCUT2D eigenvalue weighted by Crippen LogP contribution is 2.47. The van der Waals surface area contributed by atoms with Gasteiger partial charge in [-0.2, -0.15) is 0 Å². The highest BCUT2D eigenvalue weighted by molar-refractivity contribution is 8.02. The number of pyridine rings is 1. The summed E-state index contributed by atoms with van der Waals surface area (Å²) in [5, 5.41) is 1.76. The molecule has 1 aliphatic carbocycles. The van der Waals surface area contributed by atoms with Gasteiger partial charge in [0.05, 0.1) is 27.6 Å². The number of hydrogen-bond acceptors (Lipinski definition) is 6. The molecule has 0 bridgehead atoms. The van der Waals surface area contributed by atoms with Gasteiger partial charge in [0.2, 0.25) is 0 Å². The summed E-state index contributed by atoms with van der Waals surface area (Å²) in [6.45, 7) is 4.32. The van der Waals surface area contributed by atoms with Crippen molar-refractivity contribution in [1.29, 1.82) is 0 Å². The Morgan fingerprint density at radius 1 is 1.31 bits per heavy atom. The van der Waals surface area contributed by atoms with Crippen LogP contribution in [0.4, 0.5) is 5.69 Å². The van der Waals surface area contributed by atoms with Gasteiger partial charge >= 0.3 is 0 Å². The smallest absolute Gasteiger partial charge is 0.253 e. The van der Waals surface area contributed by atoms with Gasteiger partial charge in [0.1, 0.15) is 4.83 Å². The maximum Gasteiger partial charge on any atom is 0.253 e. The number of nitrogens with zero attached hydrogens (tertiary/aromatic N) is 3. The van der Waals surface area contributed by atoms with Gasteiger partial charge < -0.3 is 10.3 Å². The van der Waals surface area contributed by atoms with Crippen molar-refractivity contribution in [2.75, 3.05) is 5.73 Å². The van der Waals surface area contributed by atoms with E-state index < -0.39 is 0 Å². The standard InChI is InChI=1S/C19H22N4OS2/c1-10(2)12-7-14(13-8-15(24)23(3)9-21-13)22-18-16(12)17(20)19(26-18)25-11-5-4-6-11/h7-11H,4-6,20H2,1-3H3. The molecular weight excluding hydrogens is 364 g/mol.